The number of rotatable bonds is 9. The molecule has 0 aliphatic rings. The molecule has 0 amide bonds. The minimum atomic E-state index is -0.604. The van der Waals surface area contributed by atoms with Crippen LogP contribution in [0.15, 0.2) is 12.1 Å². The second-order valence-electron chi connectivity index (χ2n) is 5.69. The van der Waals surface area contributed by atoms with Crippen molar-refractivity contribution in [1.82, 2.24) is 5.32 Å². The van der Waals surface area contributed by atoms with E-state index in [1.807, 2.05) is 27.7 Å². The zero-order valence-corrected chi connectivity index (χ0v) is 13.9. The maximum Gasteiger partial charge on any atom is 0.125 e. The molecule has 0 saturated heterocycles. The number of hydrogen-bond acceptors (Lipinski definition) is 4. The molecule has 0 spiro atoms. The number of benzene rings is 1. The van der Waals surface area contributed by atoms with Crippen molar-refractivity contribution in [2.24, 2.45) is 0 Å². The molecule has 1 atom stereocenters. The predicted molar refractivity (Wildman–Crippen MR) is 85.9 cm³/mol. The first-order valence-corrected chi connectivity index (χ1v) is 7.67. The quantitative estimate of drug-likeness (QED) is 0.735. The number of aryl methyl sites for hydroxylation is 2. The molecule has 0 aromatic heterocycles. The highest BCUT2D eigenvalue weighted by Crippen LogP contribution is 2.25. The first-order chi connectivity index (χ1) is 9.93. The fourth-order valence-corrected chi connectivity index (χ4v) is 2.17. The molecule has 1 aromatic carbocycles. The van der Waals surface area contributed by atoms with E-state index in [0.29, 0.717) is 6.61 Å². The van der Waals surface area contributed by atoms with Crippen LogP contribution in [0.5, 0.6) is 5.75 Å². The average molecular weight is 295 g/mol. The van der Waals surface area contributed by atoms with Crippen LogP contribution in [0.1, 0.15) is 37.5 Å². The van der Waals surface area contributed by atoms with Crippen LogP contribution in [0.3, 0.4) is 0 Å². The molecule has 0 saturated carbocycles. The molecular formula is C17H29NO3. The lowest BCUT2D eigenvalue weighted by Gasteiger charge is -2.18. The van der Waals surface area contributed by atoms with Crippen molar-refractivity contribution in [3.8, 4) is 5.75 Å². The zero-order chi connectivity index (χ0) is 15.8. The van der Waals surface area contributed by atoms with Gasteiger partial charge in [-0.15, -0.1) is 0 Å². The maximum atomic E-state index is 9.85. The third-order valence-corrected chi connectivity index (χ3v) is 3.14. The van der Waals surface area contributed by atoms with Gasteiger partial charge < -0.3 is 19.9 Å². The highest BCUT2D eigenvalue weighted by Gasteiger charge is 2.11. The minimum absolute atomic E-state index is 0.119. The van der Waals surface area contributed by atoms with Crippen molar-refractivity contribution in [2.75, 3.05) is 19.8 Å². The van der Waals surface area contributed by atoms with Crippen molar-refractivity contribution in [2.45, 2.75) is 53.4 Å². The van der Waals surface area contributed by atoms with Gasteiger partial charge in [0, 0.05) is 6.54 Å². The Kier molecular flexibility index (Phi) is 7.72. The average Bonchev–Trinajstić information content (AvgIpc) is 2.41. The molecule has 0 radical (unpaired) electrons. The van der Waals surface area contributed by atoms with Crippen LogP contribution < -0.4 is 10.1 Å². The van der Waals surface area contributed by atoms with Gasteiger partial charge in [-0.2, -0.15) is 0 Å². The predicted octanol–water partition coefficient (Wildman–Crippen LogP) is 2.58. The van der Waals surface area contributed by atoms with E-state index in [4.69, 9.17) is 9.47 Å². The van der Waals surface area contributed by atoms with Crippen LogP contribution in [-0.2, 0) is 11.3 Å². The van der Waals surface area contributed by atoms with E-state index in [2.05, 4.69) is 24.4 Å². The Labute approximate surface area is 128 Å². The van der Waals surface area contributed by atoms with Gasteiger partial charge in [-0.1, -0.05) is 19.1 Å². The number of aliphatic hydroxyl groups is 1. The number of hydrogen-bond donors (Lipinski definition) is 2. The third-order valence-electron chi connectivity index (χ3n) is 3.14. The van der Waals surface area contributed by atoms with Gasteiger partial charge in [-0.05, 0) is 50.9 Å². The summed E-state index contributed by atoms with van der Waals surface area (Å²) in [5.74, 6) is 0.860. The van der Waals surface area contributed by atoms with E-state index < -0.39 is 6.10 Å². The summed E-state index contributed by atoms with van der Waals surface area (Å²) in [6, 6.07) is 4.25. The van der Waals surface area contributed by atoms with Crippen LogP contribution in [0.25, 0.3) is 0 Å². The van der Waals surface area contributed by atoms with E-state index in [-0.39, 0.29) is 12.7 Å². The van der Waals surface area contributed by atoms with Gasteiger partial charge in [-0.25, -0.2) is 0 Å². The molecule has 120 valence electrons. The molecule has 0 bridgehead atoms. The van der Waals surface area contributed by atoms with Crippen LogP contribution in [0.4, 0.5) is 0 Å². The van der Waals surface area contributed by atoms with Crippen LogP contribution >= 0.6 is 0 Å². The SMILES string of the molecule is CCNCc1cc(C)c(OCC(O)COC(C)C)c(C)c1. The van der Waals surface area contributed by atoms with Crippen molar-refractivity contribution in [1.29, 1.82) is 0 Å². The fraction of sp³-hybridized carbons (Fsp3) is 0.647. The van der Waals surface area contributed by atoms with Gasteiger partial charge in [-0.3, -0.25) is 0 Å². The Hall–Kier alpha value is -1.10. The number of aliphatic hydroxyl groups excluding tert-OH is 1. The van der Waals surface area contributed by atoms with Crippen LogP contribution in [-0.4, -0.2) is 37.1 Å². The van der Waals surface area contributed by atoms with Crippen LogP contribution in [0.2, 0.25) is 0 Å². The third kappa shape index (κ3) is 6.46. The topological polar surface area (TPSA) is 50.7 Å². The first kappa shape index (κ1) is 18.0. The first-order valence-electron chi connectivity index (χ1n) is 7.67. The van der Waals surface area contributed by atoms with E-state index in [0.717, 1.165) is 30.0 Å². The molecule has 4 nitrogen and oxygen atoms in total. The van der Waals surface area contributed by atoms with E-state index >= 15 is 0 Å². The Morgan fingerprint density at radius 3 is 2.29 bits per heavy atom. The molecule has 2 N–H and O–H groups in total. The van der Waals surface area contributed by atoms with E-state index in [1.165, 1.54) is 5.56 Å². The van der Waals surface area contributed by atoms with Crippen molar-refractivity contribution >= 4 is 0 Å². The van der Waals surface area contributed by atoms with Gasteiger partial charge in [0.1, 0.15) is 18.5 Å². The largest absolute Gasteiger partial charge is 0.490 e. The van der Waals surface area contributed by atoms with Gasteiger partial charge in [0.05, 0.1) is 12.7 Å². The second-order valence-corrected chi connectivity index (χ2v) is 5.69. The number of nitrogens with one attached hydrogen (secondary N) is 1. The number of ether oxygens (including phenoxy) is 2. The molecule has 1 aromatic rings. The second kappa shape index (κ2) is 9.03. The molecule has 1 unspecified atom stereocenters. The molecular weight excluding hydrogens is 266 g/mol. The Morgan fingerprint density at radius 2 is 1.76 bits per heavy atom. The maximum absolute atomic E-state index is 9.85. The lowest BCUT2D eigenvalue weighted by atomic mass is 10.1. The Balaban J connectivity index is 2.58. The lowest BCUT2D eigenvalue weighted by molar-refractivity contribution is -0.0124. The summed E-state index contributed by atoms with van der Waals surface area (Å²) in [6.45, 7) is 12.4. The molecule has 0 aliphatic heterocycles. The van der Waals surface area contributed by atoms with Crippen LogP contribution in [0, 0.1) is 13.8 Å². The molecule has 0 aliphatic carbocycles. The molecule has 4 heteroatoms. The van der Waals surface area contributed by atoms with E-state index in [1.54, 1.807) is 0 Å². The Bertz CT molecular complexity index is 409. The van der Waals surface area contributed by atoms with Gasteiger partial charge in [0.25, 0.3) is 0 Å². The summed E-state index contributed by atoms with van der Waals surface area (Å²) >= 11 is 0. The minimum Gasteiger partial charge on any atom is -0.490 e. The zero-order valence-electron chi connectivity index (χ0n) is 13.9. The highest BCUT2D eigenvalue weighted by molar-refractivity contribution is 5.43. The van der Waals surface area contributed by atoms with Gasteiger partial charge >= 0.3 is 0 Å². The van der Waals surface area contributed by atoms with E-state index in [9.17, 15) is 5.11 Å². The fourth-order valence-electron chi connectivity index (χ4n) is 2.17. The van der Waals surface area contributed by atoms with Crippen molar-refractivity contribution < 1.29 is 14.6 Å². The summed E-state index contributed by atoms with van der Waals surface area (Å²) in [5.41, 5.74) is 3.45. The summed E-state index contributed by atoms with van der Waals surface area (Å²) < 4.78 is 11.1. The molecule has 21 heavy (non-hydrogen) atoms. The molecule has 0 fully saturated rings. The lowest BCUT2D eigenvalue weighted by Crippen LogP contribution is -2.25. The molecule has 1 rings (SSSR count). The highest BCUT2D eigenvalue weighted by atomic mass is 16.5. The van der Waals surface area contributed by atoms with Crippen molar-refractivity contribution in [3.05, 3.63) is 28.8 Å². The molecule has 0 heterocycles. The van der Waals surface area contributed by atoms with Gasteiger partial charge in [0.2, 0.25) is 0 Å². The van der Waals surface area contributed by atoms with Crippen molar-refractivity contribution in [3.63, 3.8) is 0 Å². The smallest absolute Gasteiger partial charge is 0.125 e. The standard InChI is InChI=1S/C17H29NO3/c1-6-18-9-15-7-13(4)17(14(5)8-15)21-11-16(19)10-20-12(2)3/h7-8,12,16,18-19H,6,9-11H2,1-5H3. The normalized spacial score (nSPS) is 12.7. The Morgan fingerprint density at radius 1 is 1.14 bits per heavy atom. The monoisotopic (exact) mass is 295 g/mol. The summed E-state index contributed by atoms with van der Waals surface area (Å²) in [7, 11) is 0. The van der Waals surface area contributed by atoms with Gasteiger partial charge in [0.15, 0.2) is 0 Å². The summed E-state index contributed by atoms with van der Waals surface area (Å²) in [5, 5.41) is 13.2. The summed E-state index contributed by atoms with van der Waals surface area (Å²) in [4.78, 5) is 0. The summed E-state index contributed by atoms with van der Waals surface area (Å²) in [6.07, 6.45) is -0.485.